The Bertz CT molecular complexity index is 337. The van der Waals surface area contributed by atoms with Gasteiger partial charge in [0.25, 0.3) is 0 Å². The number of carbonyl (C=O) groups is 1. The van der Waals surface area contributed by atoms with Gasteiger partial charge in [0.2, 0.25) is 0 Å². The highest BCUT2D eigenvalue weighted by atomic mass is 79.9. The third-order valence-electron chi connectivity index (χ3n) is 1.59. The van der Waals surface area contributed by atoms with E-state index in [9.17, 15) is 4.79 Å². The fourth-order valence-electron chi connectivity index (χ4n) is 0.941. The number of carbonyl (C=O) groups excluding carboxylic acids is 1. The van der Waals surface area contributed by atoms with E-state index in [1.807, 2.05) is 19.1 Å². The van der Waals surface area contributed by atoms with E-state index in [1.54, 1.807) is 6.07 Å². The van der Waals surface area contributed by atoms with Crippen molar-refractivity contribution in [2.75, 3.05) is 0 Å². The summed E-state index contributed by atoms with van der Waals surface area (Å²) in [5.41, 5.74) is 0. The summed E-state index contributed by atoms with van der Waals surface area (Å²) in [5.74, 6) is 0.351. The van der Waals surface area contributed by atoms with Gasteiger partial charge in [0.1, 0.15) is 5.75 Å². The van der Waals surface area contributed by atoms with Crippen LogP contribution in [0.25, 0.3) is 0 Å². The molecule has 0 bridgehead atoms. The zero-order chi connectivity index (χ0) is 10.6. The van der Waals surface area contributed by atoms with Crippen LogP contribution in [0.3, 0.4) is 0 Å². The SMILES string of the molecule is CCCC(=O)Oc1cccc(Br)c1Br. The van der Waals surface area contributed by atoms with E-state index in [0.29, 0.717) is 12.2 Å². The first-order chi connectivity index (χ1) is 6.65. The molecule has 2 nitrogen and oxygen atoms in total. The highest BCUT2D eigenvalue weighted by Crippen LogP contribution is 2.32. The van der Waals surface area contributed by atoms with Gasteiger partial charge in [-0.2, -0.15) is 0 Å². The van der Waals surface area contributed by atoms with Crippen LogP contribution in [0.15, 0.2) is 27.1 Å². The van der Waals surface area contributed by atoms with Crippen LogP contribution < -0.4 is 4.74 Å². The lowest BCUT2D eigenvalue weighted by molar-refractivity contribution is -0.134. The lowest BCUT2D eigenvalue weighted by atomic mass is 10.3. The first kappa shape index (κ1) is 11.7. The normalized spacial score (nSPS) is 9.93. The van der Waals surface area contributed by atoms with Gasteiger partial charge in [0, 0.05) is 10.9 Å². The number of esters is 1. The molecule has 76 valence electrons. The average Bonchev–Trinajstić information content (AvgIpc) is 2.13. The zero-order valence-electron chi connectivity index (χ0n) is 7.72. The highest BCUT2D eigenvalue weighted by molar-refractivity contribution is 9.13. The van der Waals surface area contributed by atoms with Crippen LogP contribution in [0.4, 0.5) is 0 Å². The molecule has 0 heterocycles. The third kappa shape index (κ3) is 3.10. The average molecular weight is 322 g/mol. The summed E-state index contributed by atoms with van der Waals surface area (Å²) in [7, 11) is 0. The molecular formula is C10H10Br2O2. The molecule has 0 radical (unpaired) electrons. The second-order valence-corrected chi connectivity index (χ2v) is 4.42. The van der Waals surface area contributed by atoms with Crippen LogP contribution in [-0.4, -0.2) is 5.97 Å². The standard InChI is InChI=1S/C10H10Br2O2/c1-2-4-9(13)14-8-6-3-5-7(11)10(8)12/h3,5-6H,2,4H2,1H3. The first-order valence-electron chi connectivity index (χ1n) is 4.30. The molecule has 0 fully saturated rings. The van der Waals surface area contributed by atoms with Gasteiger partial charge in [-0.3, -0.25) is 4.79 Å². The molecule has 0 aliphatic heterocycles. The van der Waals surface area contributed by atoms with Crippen LogP contribution in [0.2, 0.25) is 0 Å². The van der Waals surface area contributed by atoms with E-state index in [4.69, 9.17) is 4.74 Å². The summed E-state index contributed by atoms with van der Waals surface area (Å²) in [4.78, 5) is 11.2. The minimum atomic E-state index is -0.202. The van der Waals surface area contributed by atoms with E-state index in [0.717, 1.165) is 15.4 Å². The quantitative estimate of drug-likeness (QED) is 0.623. The number of ether oxygens (including phenoxy) is 1. The Labute approximate surface area is 99.9 Å². The van der Waals surface area contributed by atoms with Crippen LogP contribution in [0, 0.1) is 0 Å². The molecule has 0 saturated heterocycles. The molecular weight excluding hydrogens is 312 g/mol. The summed E-state index contributed by atoms with van der Waals surface area (Å²) in [5, 5.41) is 0. The molecule has 1 rings (SSSR count). The van der Waals surface area contributed by atoms with Gasteiger partial charge >= 0.3 is 5.97 Å². The largest absolute Gasteiger partial charge is 0.425 e. The minimum absolute atomic E-state index is 0.202. The monoisotopic (exact) mass is 320 g/mol. The second kappa shape index (κ2) is 5.51. The zero-order valence-corrected chi connectivity index (χ0v) is 10.9. The Morgan fingerprint density at radius 1 is 1.43 bits per heavy atom. The van der Waals surface area contributed by atoms with Crippen molar-refractivity contribution in [1.82, 2.24) is 0 Å². The van der Waals surface area contributed by atoms with Gasteiger partial charge in [-0.15, -0.1) is 0 Å². The van der Waals surface area contributed by atoms with Crippen molar-refractivity contribution in [1.29, 1.82) is 0 Å². The molecule has 4 heteroatoms. The van der Waals surface area contributed by atoms with Crippen molar-refractivity contribution in [3.63, 3.8) is 0 Å². The predicted molar refractivity (Wildman–Crippen MR) is 62.4 cm³/mol. The molecule has 0 aliphatic rings. The van der Waals surface area contributed by atoms with Crippen molar-refractivity contribution in [3.05, 3.63) is 27.1 Å². The molecule has 1 aromatic carbocycles. The molecule has 14 heavy (non-hydrogen) atoms. The van der Waals surface area contributed by atoms with Crippen molar-refractivity contribution in [2.24, 2.45) is 0 Å². The lowest BCUT2D eigenvalue weighted by Gasteiger charge is -2.06. The Morgan fingerprint density at radius 3 is 2.79 bits per heavy atom. The van der Waals surface area contributed by atoms with Crippen molar-refractivity contribution >= 4 is 37.8 Å². The summed E-state index contributed by atoms with van der Waals surface area (Å²) in [6.45, 7) is 1.94. The van der Waals surface area contributed by atoms with E-state index in [2.05, 4.69) is 31.9 Å². The van der Waals surface area contributed by atoms with Crippen LogP contribution in [-0.2, 0) is 4.79 Å². The Kier molecular flexibility index (Phi) is 4.62. The molecule has 1 aromatic rings. The molecule has 0 aliphatic carbocycles. The van der Waals surface area contributed by atoms with Gasteiger partial charge < -0.3 is 4.74 Å². The van der Waals surface area contributed by atoms with Crippen LogP contribution in [0.5, 0.6) is 5.75 Å². The first-order valence-corrected chi connectivity index (χ1v) is 5.88. The number of hydrogen-bond donors (Lipinski definition) is 0. The van der Waals surface area contributed by atoms with Crippen molar-refractivity contribution in [2.45, 2.75) is 19.8 Å². The fraction of sp³-hybridized carbons (Fsp3) is 0.300. The topological polar surface area (TPSA) is 26.3 Å². The van der Waals surface area contributed by atoms with Crippen LogP contribution >= 0.6 is 31.9 Å². The predicted octanol–water partition coefficient (Wildman–Crippen LogP) is 3.92. The Hall–Kier alpha value is -0.350. The number of hydrogen-bond acceptors (Lipinski definition) is 2. The second-order valence-electron chi connectivity index (χ2n) is 2.78. The number of rotatable bonds is 3. The van der Waals surface area contributed by atoms with E-state index in [1.165, 1.54) is 0 Å². The van der Waals surface area contributed by atoms with Gasteiger partial charge in [0.15, 0.2) is 0 Å². The molecule has 0 amide bonds. The lowest BCUT2D eigenvalue weighted by Crippen LogP contribution is -2.07. The summed E-state index contributed by atoms with van der Waals surface area (Å²) < 4.78 is 6.79. The van der Waals surface area contributed by atoms with Crippen LogP contribution in [0.1, 0.15) is 19.8 Å². The smallest absolute Gasteiger partial charge is 0.311 e. The fourth-order valence-corrected chi connectivity index (χ4v) is 1.63. The minimum Gasteiger partial charge on any atom is -0.425 e. The molecule has 0 spiro atoms. The van der Waals surface area contributed by atoms with Crippen molar-refractivity contribution in [3.8, 4) is 5.75 Å². The maximum atomic E-state index is 11.2. The molecule has 0 atom stereocenters. The third-order valence-corrected chi connectivity index (χ3v) is 3.60. The maximum absolute atomic E-state index is 11.2. The van der Waals surface area contributed by atoms with E-state index >= 15 is 0 Å². The molecule has 0 aromatic heterocycles. The van der Waals surface area contributed by atoms with Gasteiger partial charge in [0.05, 0.1) is 4.47 Å². The molecule has 0 N–H and O–H groups in total. The van der Waals surface area contributed by atoms with Gasteiger partial charge in [-0.25, -0.2) is 0 Å². The van der Waals surface area contributed by atoms with E-state index in [-0.39, 0.29) is 5.97 Å². The Balaban J connectivity index is 2.76. The maximum Gasteiger partial charge on any atom is 0.311 e. The number of halogens is 2. The molecule has 0 saturated carbocycles. The van der Waals surface area contributed by atoms with Crippen molar-refractivity contribution < 1.29 is 9.53 Å². The number of benzene rings is 1. The van der Waals surface area contributed by atoms with Gasteiger partial charge in [-0.1, -0.05) is 13.0 Å². The Morgan fingerprint density at radius 2 is 2.14 bits per heavy atom. The van der Waals surface area contributed by atoms with Gasteiger partial charge in [-0.05, 0) is 50.4 Å². The van der Waals surface area contributed by atoms with E-state index < -0.39 is 0 Å². The summed E-state index contributed by atoms with van der Waals surface area (Å²) in [6, 6.07) is 5.45. The summed E-state index contributed by atoms with van der Waals surface area (Å²) in [6.07, 6.45) is 1.24. The highest BCUT2D eigenvalue weighted by Gasteiger charge is 2.08. The molecule has 0 unspecified atom stereocenters. The summed E-state index contributed by atoms with van der Waals surface area (Å²) >= 11 is 6.67.